The van der Waals surface area contributed by atoms with Crippen LogP contribution in [0, 0.1) is 0 Å². The molecular formula is C15H21NO8. The maximum Gasteiger partial charge on any atom is 0.359 e. The minimum absolute atomic E-state index is 0.0399. The van der Waals surface area contributed by atoms with Gasteiger partial charge in [-0.3, -0.25) is 4.79 Å². The van der Waals surface area contributed by atoms with Crippen LogP contribution in [-0.4, -0.2) is 55.3 Å². The predicted octanol–water partition coefficient (Wildman–Crippen LogP) is 0.741. The number of carboxylic acid groups (broad SMARTS) is 1. The highest BCUT2D eigenvalue weighted by molar-refractivity contribution is 5.93. The first-order chi connectivity index (χ1) is 11.4. The zero-order chi connectivity index (χ0) is 18.3. The van der Waals surface area contributed by atoms with E-state index in [4.69, 9.17) is 18.9 Å². The normalized spacial score (nSPS) is 10.7. The quantitative estimate of drug-likeness (QED) is 0.516. The van der Waals surface area contributed by atoms with Crippen LogP contribution in [0.5, 0.6) is 5.75 Å². The van der Waals surface area contributed by atoms with Gasteiger partial charge in [0.1, 0.15) is 5.56 Å². The van der Waals surface area contributed by atoms with Crippen LogP contribution in [0.3, 0.4) is 0 Å². The standard InChI is InChI=1S/C15H21NO8/c1-5-23-13-11(15(20)24-6-2)16(8-10(21-3)22-4)7-9(12(13)17)14(18)19/h7,10H,5-6,8H2,1-4H3,(H,18,19). The molecule has 0 aliphatic carbocycles. The predicted molar refractivity (Wildman–Crippen MR) is 82.6 cm³/mol. The number of methoxy groups -OCH3 is 2. The van der Waals surface area contributed by atoms with Crippen molar-refractivity contribution in [2.75, 3.05) is 27.4 Å². The van der Waals surface area contributed by atoms with Crippen LogP contribution in [-0.2, 0) is 20.8 Å². The Hall–Kier alpha value is -2.39. The average molecular weight is 343 g/mol. The topological polar surface area (TPSA) is 113 Å². The molecule has 1 N–H and O–H groups in total. The first-order valence-corrected chi connectivity index (χ1v) is 7.27. The van der Waals surface area contributed by atoms with Crippen molar-refractivity contribution < 1.29 is 33.6 Å². The van der Waals surface area contributed by atoms with Crippen LogP contribution in [0.1, 0.15) is 34.7 Å². The van der Waals surface area contributed by atoms with Gasteiger partial charge in [-0.25, -0.2) is 9.59 Å². The third-order valence-corrected chi connectivity index (χ3v) is 3.10. The monoisotopic (exact) mass is 343 g/mol. The molecule has 0 aliphatic heterocycles. The molecule has 24 heavy (non-hydrogen) atoms. The summed E-state index contributed by atoms with van der Waals surface area (Å²) in [5, 5.41) is 9.22. The van der Waals surface area contributed by atoms with E-state index < -0.39 is 29.2 Å². The van der Waals surface area contributed by atoms with Crippen molar-refractivity contribution in [2.24, 2.45) is 0 Å². The second-order valence-electron chi connectivity index (χ2n) is 4.56. The highest BCUT2D eigenvalue weighted by Gasteiger charge is 2.27. The number of carbonyl (C=O) groups is 2. The highest BCUT2D eigenvalue weighted by atomic mass is 16.7. The van der Waals surface area contributed by atoms with Gasteiger partial charge < -0.3 is 28.6 Å². The molecule has 0 atom stereocenters. The Morgan fingerprint density at radius 2 is 1.83 bits per heavy atom. The molecule has 0 aliphatic rings. The van der Waals surface area contributed by atoms with Crippen molar-refractivity contribution in [3.8, 4) is 5.75 Å². The second kappa shape index (κ2) is 9.04. The zero-order valence-electron chi connectivity index (χ0n) is 14.0. The minimum Gasteiger partial charge on any atom is -0.488 e. The van der Waals surface area contributed by atoms with Crippen LogP contribution in [0.25, 0.3) is 0 Å². The number of carbonyl (C=O) groups excluding carboxylic acids is 1. The number of hydrogen-bond acceptors (Lipinski definition) is 7. The van der Waals surface area contributed by atoms with Crippen molar-refractivity contribution >= 4 is 11.9 Å². The van der Waals surface area contributed by atoms with E-state index in [0.29, 0.717) is 0 Å². The Bertz CT molecular complexity index is 648. The average Bonchev–Trinajstić information content (AvgIpc) is 2.54. The van der Waals surface area contributed by atoms with Crippen LogP contribution in [0.4, 0.5) is 0 Å². The summed E-state index contributed by atoms with van der Waals surface area (Å²) < 4.78 is 21.6. The summed E-state index contributed by atoms with van der Waals surface area (Å²) in [6.45, 7) is 3.33. The minimum atomic E-state index is -1.43. The third-order valence-electron chi connectivity index (χ3n) is 3.10. The summed E-state index contributed by atoms with van der Waals surface area (Å²) in [7, 11) is 2.78. The second-order valence-corrected chi connectivity index (χ2v) is 4.56. The first kappa shape index (κ1) is 19.7. The summed E-state index contributed by atoms with van der Waals surface area (Å²) in [6.07, 6.45) is 0.279. The first-order valence-electron chi connectivity index (χ1n) is 7.27. The Labute approximate surface area is 138 Å². The van der Waals surface area contributed by atoms with Crippen molar-refractivity contribution in [3.63, 3.8) is 0 Å². The lowest BCUT2D eigenvalue weighted by Crippen LogP contribution is -2.30. The molecule has 1 aromatic heterocycles. The van der Waals surface area contributed by atoms with E-state index in [-0.39, 0.29) is 31.2 Å². The molecule has 1 rings (SSSR count). The van der Waals surface area contributed by atoms with Crippen molar-refractivity contribution in [1.29, 1.82) is 0 Å². The van der Waals surface area contributed by atoms with E-state index in [1.807, 2.05) is 0 Å². The molecule has 9 nitrogen and oxygen atoms in total. The van der Waals surface area contributed by atoms with E-state index in [2.05, 4.69) is 0 Å². The largest absolute Gasteiger partial charge is 0.488 e. The maximum atomic E-state index is 12.3. The number of aromatic carboxylic acids is 1. The Morgan fingerprint density at radius 1 is 1.21 bits per heavy atom. The number of esters is 1. The maximum absolute atomic E-state index is 12.3. The SMILES string of the molecule is CCOC(=O)c1c(OCC)c(=O)c(C(=O)O)cn1CC(OC)OC. The van der Waals surface area contributed by atoms with E-state index >= 15 is 0 Å². The molecule has 134 valence electrons. The smallest absolute Gasteiger partial charge is 0.359 e. The van der Waals surface area contributed by atoms with E-state index in [1.165, 1.54) is 18.8 Å². The lowest BCUT2D eigenvalue weighted by Gasteiger charge is -2.20. The van der Waals surface area contributed by atoms with Gasteiger partial charge >= 0.3 is 11.9 Å². The molecule has 0 unspecified atom stereocenters. The molecule has 0 radical (unpaired) electrons. The third kappa shape index (κ3) is 4.33. The van der Waals surface area contributed by atoms with Gasteiger partial charge in [-0.2, -0.15) is 0 Å². The van der Waals surface area contributed by atoms with E-state index in [9.17, 15) is 19.5 Å². The molecule has 1 heterocycles. The lowest BCUT2D eigenvalue weighted by atomic mass is 10.2. The Kier molecular flexibility index (Phi) is 7.40. The summed E-state index contributed by atoms with van der Waals surface area (Å²) in [5.41, 5.74) is -1.61. The zero-order valence-corrected chi connectivity index (χ0v) is 14.0. The van der Waals surface area contributed by atoms with Gasteiger partial charge in [0, 0.05) is 20.4 Å². The summed E-state index contributed by atoms with van der Waals surface area (Å²) >= 11 is 0. The van der Waals surface area contributed by atoms with Crippen LogP contribution < -0.4 is 10.2 Å². The van der Waals surface area contributed by atoms with Gasteiger partial charge in [0.15, 0.2) is 17.7 Å². The highest BCUT2D eigenvalue weighted by Crippen LogP contribution is 2.18. The fourth-order valence-corrected chi connectivity index (χ4v) is 2.03. The van der Waals surface area contributed by atoms with Gasteiger partial charge in [-0.15, -0.1) is 0 Å². The fraction of sp³-hybridized carbons (Fsp3) is 0.533. The van der Waals surface area contributed by atoms with E-state index in [1.54, 1.807) is 13.8 Å². The van der Waals surface area contributed by atoms with Gasteiger partial charge in [-0.05, 0) is 13.8 Å². The molecule has 0 bridgehead atoms. The lowest BCUT2D eigenvalue weighted by molar-refractivity contribution is -0.111. The Balaban J connectivity index is 3.64. The fourth-order valence-electron chi connectivity index (χ4n) is 2.03. The van der Waals surface area contributed by atoms with Gasteiger partial charge in [0.05, 0.1) is 19.8 Å². The molecule has 0 fully saturated rings. The molecule has 0 spiro atoms. The van der Waals surface area contributed by atoms with Crippen molar-refractivity contribution in [2.45, 2.75) is 26.7 Å². The molecule has 9 heteroatoms. The molecule has 0 saturated carbocycles. The molecule has 0 saturated heterocycles. The van der Waals surface area contributed by atoms with E-state index in [0.717, 1.165) is 6.20 Å². The summed E-state index contributed by atoms with van der Waals surface area (Å²) in [5.74, 6) is -2.61. The van der Waals surface area contributed by atoms with Crippen LogP contribution >= 0.6 is 0 Å². The number of pyridine rings is 1. The number of carboxylic acids is 1. The number of nitrogens with zero attached hydrogens (tertiary/aromatic N) is 1. The van der Waals surface area contributed by atoms with Crippen LogP contribution in [0.15, 0.2) is 11.0 Å². The van der Waals surface area contributed by atoms with Gasteiger partial charge in [-0.1, -0.05) is 0 Å². The van der Waals surface area contributed by atoms with Crippen molar-refractivity contribution in [3.05, 3.63) is 27.7 Å². The Morgan fingerprint density at radius 3 is 2.29 bits per heavy atom. The summed E-state index contributed by atoms with van der Waals surface area (Å²) in [4.78, 5) is 35.9. The number of rotatable bonds is 9. The van der Waals surface area contributed by atoms with Crippen LogP contribution in [0.2, 0.25) is 0 Å². The summed E-state index contributed by atoms with van der Waals surface area (Å²) in [6, 6.07) is 0. The van der Waals surface area contributed by atoms with Gasteiger partial charge in [0.25, 0.3) is 0 Å². The number of aromatic nitrogens is 1. The molecular weight excluding hydrogens is 322 g/mol. The van der Waals surface area contributed by atoms with Crippen molar-refractivity contribution in [1.82, 2.24) is 4.57 Å². The molecule has 0 aromatic carbocycles. The number of hydrogen-bond donors (Lipinski definition) is 1. The molecule has 1 aromatic rings. The molecule has 0 amide bonds. The van der Waals surface area contributed by atoms with Gasteiger partial charge in [0.2, 0.25) is 5.43 Å². The number of ether oxygens (including phenoxy) is 4.